The van der Waals surface area contributed by atoms with Gasteiger partial charge in [-0.25, -0.2) is 9.37 Å². The fourth-order valence-corrected chi connectivity index (χ4v) is 3.81. The minimum Gasteiger partial charge on any atom is -0.466 e. The lowest BCUT2D eigenvalue weighted by Crippen LogP contribution is -2.44. The lowest BCUT2D eigenvalue weighted by molar-refractivity contribution is -0.149. The van der Waals surface area contributed by atoms with Crippen molar-refractivity contribution in [3.63, 3.8) is 0 Å². The summed E-state index contributed by atoms with van der Waals surface area (Å²) in [6.45, 7) is 2.09. The van der Waals surface area contributed by atoms with E-state index in [1.165, 1.54) is 12.1 Å². The van der Waals surface area contributed by atoms with E-state index in [-0.39, 0.29) is 29.7 Å². The molecule has 1 aromatic heterocycles. The first-order valence-corrected chi connectivity index (χ1v) is 10.3. The Kier molecular flexibility index (Phi) is 6.07. The van der Waals surface area contributed by atoms with E-state index in [1.54, 1.807) is 37.3 Å². The van der Waals surface area contributed by atoms with E-state index in [0.29, 0.717) is 41.8 Å². The standard InChI is InChI=1S/C25H23FN2O3/c1-2-31-25(30)20-8-3-4-9-23(20)28-24(29)18-11-13-22-17(14-18)10-12-21(27-22)16-6-5-7-19(26)15-16/h3-7,10-15,20,23H,2,8-9H2,1H3,(H,28,29)/t20-,23-/m0/s1. The van der Waals surface area contributed by atoms with Crippen LogP contribution in [0.1, 0.15) is 30.1 Å². The number of hydrogen-bond acceptors (Lipinski definition) is 4. The Hall–Kier alpha value is -3.54. The number of allylic oxidation sites excluding steroid dienone is 1. The van der Waals surface area contributed by atoms with Gasteiger partial charge < -0.3 is 10.1 Å². The first kappa shape index (κ1) is 20.7. The number of fused-ring (bicyclic) bond motifs is 1. The summed E-state index contributed by atoms with van der Waals surface area (Å²) in [5, 5.41) is 3.78. The Morgan fingerprint density at radius 1 is 1.10 bits per heavy atom. The molecule has 1 aliphatic carbocycles. The van der Waals surface area contributed by atoms with Gasteiger partial charge in [-0.1, -0.05) is 30.4 Å². The molecule has 0 saturated carbocycles. The highest BCUT2D eigenvalue weighted by molar-refractivity contribution is 5.98. The third-order valence-electron chi connectivity index (χ3n) is 5.41. The maximum absolute atomic E-state index is 13.5. The summed E-state index contributed by atoms with van der Waals surface area (Å²) >= 11 is 0. The van der Waals surface area contributed by atoms with Crippen LogP contribution in [0.5, 0.6) is 0 Å². The molecule has 5 nitrogen and oxygen atoms in total. The van der Waals surface area contributed by atoms with Gasteiger partial charge in [0.05, 0.1) is 23.7 Å². The third kappa shape index (κ3) is 4.63. The van der Waals surface area contributed by atoms with Crippen molar-refractivity contribution in [3.8, 4) is 11.3 Å². The Balaban J connectivity index is 1.54. The molecular weight excluding hydrogens is 395 g/mol. The predicted molar refractivity (Wildman–Crippen MR) is 117 cm³/mol. The van der Waals surface area contributed by atoms with Crippen molar-refractivity contribution in [2.24, 2.45) is 5.92 Å². The number of rotatable bonds is 5. The zero-order valence-electron chi connectivity index (χ0n) is 17.2. The number of hydrogen-bond donors (Lipinski definition) is 1. The van der Waals surface area contributed by atoms with Gasteiger partial charge in [-0.15, -0.1) is 0 Å². The number of nitrogens with one attached hydrogen (secondary N) is 1. The maximum atomic E-state index is 13.5. The molecule has 0 spiro atoms. The minimum absolute atomic E-state index is 0.245. The van der Waals surface area contributed by atoms with E-state index in [2.05, 4.69) is 10.3 Å². The van der Waals surface area contributed by atoms with Crippen LogP contribution in [0.4, 0.5) is 4.39 Å². The Labute approximate surface area is 179 Å². The molecule has 1 aliphatic rings. The van der Waals surface area contributed by atoms with Crippen LogP contribution in [0.25, 0.3) is 22.2 Å². The summed E-state index contributed by atoms with van der Waals surface area (Å²) in [6.07, 6.45) is 5.05. The number of carbonyl (C=O) groups is 2. The second-order valence-corrected chi connectivity index (χ2v) is 7.50. The summed E-state index contributed by atoms with van der Waals surface area (Å²) in [5.41, 5.74) is 2.56. The van der Waals surface area contributed by atoms with Crippen molar-refractivity contribution in [1.82, 2.24) is 10.3 Å². The number of ether oxygens (including phenoxy) is 1. The topological polar surface area (TPSA) is 68.3 Å². The number of amides is 1. The van der Waals surface area contributed by atoms with Crippen molar-refractivity contribution >= 4 is 22.8 Å². The number of benzene rings is 2. The van der Waals surface area contributed by atoms with Crippen LogP contribution in [0, 0.1) is 11.7 Å². The molecule has 0 fully saturated rings. The quantitative estimate of drug-likeness (QED) is 0.483. The highest BCUT2D eigenvalue weighted by Crippen LogP contribution is 2.24. The summed E-state index contributed by atoms with van der Waals surface area (Å²) in [4.78, 5) is 29.7. The summed E-state index contributed by atoms with van der Waals surface area (Å²) in [7, 11) is 0. The third-order valence-corrected chi connectivity index (χ3v) is 5.41. The van der Waals surface area contributed by atoms with Crippen molar-refractivity contribution in [2.75, 3.05) is 6.61 Å². The number of esters is 1. The van der Waals surface area contributed by atoms with Gasteiger partial charge in [0, 0.05) is 22.6 Å². The Morgan fingerprint density at radius 3 is 2.74 bits per heavy atom. The predicted octanol–water partition coefficient (Wildman–Crippen LogP) is 4.67. The molecule has 1 heterocycles. The molecule has 0 saturated heterocycles. The number of carbonyl (C=O) groups excluding carboxylic acids is 2. The van der Waals surface area contributed by atoms with Gasteiger partial charge >= 0.3 is 5.97 Å². The van der Waals surface area contributed by atoms with Gasteiger partial charge in [-0.05, 0) is 56.2 Å². The molecule has 158 valence electrons. The molecule has 6 heteroatoms. The van der Waals surface area contributed by atoms with E-state index in [1.807, 2.05) is 24.3 Å². The van der Waals surface area contributed by atoms with Gasteiger partial charge in [-0.2, -0.15) is 0 Å². The number of nitrogens with zero attached hydrogens (tertiary/aromatic N) is 1. The van der Waals surface area contributed by atoms with Crippen LogP contribution in [-0.4, -0.2) is 29.5 Å². The number of halogens is 1. The van der Waals surface area contributed by atoms with Gasteiger partial charge in [0.1, 0.15) is 5.82 Å². The van der Waals surface area contributed by atoms with Crippen LogP contribution < -0.4 is 5.32 Å². The molecule has 1 amide bonds. The van der Waals surface area contributed by atoms with Gasteiger partial charge in [-0.3, -0.25) is 9.59 Å². The van der Waals surface area contributed by atoms with Crippen molar-refractivity contribution in [1.29, 1.82) is 0 Å². The average molecular weight is 418 g/mol. The normalized spacial score (nSPS) is 18.0. The monoisotopic (exact) mass is 418 g/mol. The van der Waals surface area contributed by atoms with E-state index in [4.69, 9.17) is 4.74 Å². The van der Waals surface area contributed by atoms with Crippen LogP contribution in [-0.2, 0) is 9.53 Å². The molecular formula is C25H23FN2O3. The molecule has 2 aromatic carbocycles. The lowest BCUT2D eigenvalue weighted by Gasteiger charge is -2.27. The second-order valence-electron chi connectivity index (χ2n) is 7.50. The van der Waals surface area contributed by atoms with Crippen LogP contribution in [0.15, 0.2) is 66.7 Å². The lowest BCUT2D eigenvalue weighted by atomic mass is 9.88. The smallest absolute Gasteiger partial charge is 0.311 e. The van der Waals surface area contributed by atoms with Gasteiger partial charge in [0.15, 0.2) is 0 Å². The Morgan fingerprint density at radius 2 is 1.94 bits per heavy atom. The molecule has 4 rings (SSSR count). The highest BCUT2D eigenvalue weighted by Gasteiger charge is 2.31. The molecule has 0 bridgehead atoms. The van der Waals surface area contributed by atoms with Crippen molar-refractivity contribution in [3.05, 3.63) is 78.1 Å². The highest BCUT2D eigenvalue weighted by atomic mass is 19.1. The van der Waals surface area contributed by atoms with Gasteiger partial charge in [0.25, 0.3) is 5.91 Å². The van der Waals surface area contributed by atoms with E-state index >= 15 is 0 Å². The zero-order valence-corrected chi connectivity index (χ0v) is 17.2. The maximum Gasteiger partial charge on any atom is 0.311 e. The summed E-state index contributed by atoms with van der Waals surface area (Å²) in [6, 6.07) is 14.9. The Bertz CT molecular complexity index is 1160. The van der Waals surface area contributed by atoms with E-state index in [9.17, 15) is 14.0 Å². The van der Waals surface area contributed by atoms with Crippen LogP contribution in [0.2, 0.25) is 0 Å². The largest absolute Gasteiger partial charge is 0.466 e. The number of aromatic nitrogens is 1. The summed E-state index contributed by atoms with van der Waals surface area (Å²) in [5.74, 6) is -1.23. The van der Waals surface area contributed by atoms with Crippen molar-refractivity contribution in [2.45, 2.75) is 25.8 Å². The fourth-order valence-electron chi connectivity index (χ4n) is 3.81. The molecule has 0 unspecified atom stereocenters. The van der Waals surface area contributed by atoms with E-state index in [0.717, 1.165) is 5.39 Å². The first-order valence-electron chi connectivity index (χ1n) is 10.3. The van der Waals surface area contributed by atoms with Crippen molar-refractivity contribution < 1.29 is 18.7 Å². The van der Waals surface area contributed by atoms with E-state index < -0.39 is 0 Å². The average Bonchev–Trinajstić information content (AvgIpc) is 2.79. The van der Waals surface area contributed by atoms with Crippen LogP contribution in [0.3, 0.4) is 0 Å². The minimum atomic E-state index is -0.384. The molecule has 31 heavy (non-hydrogen) atoms. The first-order chi connectivity index (χ1) is 15.0. The van der Waals surface area contributed by atoms with Crippen LogP contribution >= 0.6 is 0 Å². The second kappa shape index (κ2) is 9.08. The summed E-state index contributed by atoms with van der Waals surface area (Å²) < 4.78 is 18.7. The molecule has 0 aliphatic heterocycles. The zero-order chi connectivity index (χ0) is 21.8. The molecule has 2 atom stereocenters. The molecule has 3 aromatic rings. The van der Waals surface area contributed by atoms with Gasteiger partial charge in [0.2, 0.25) is 0 Å². The fraction of sp³-hybridized carbons (Fsp3) is 0.240. The molecule has 0 radical (unpaired) electrons. The molecule has 1 N–H and O–H groups in total. The SMILES string of the molecule is CCOC(=O)[C@H]1CC=CC[C@@H]1NC(=O)c1ccc2nc(-c3cccc(F)c3)ccc2c1. The number of pyridine rings is 1.